The number of hydrogen-bond donors (Lipinski definition) is 0. The SMILES string of the molecule is CC(C)(C)c1ccc(-c2ccc3ccccc3c2)cc1.CC(C)(C)c1cccc(-c2ccc3ccccc3c2)c1.CC(C)(C)c1cccc2c1C1(c3ccccc3-c3ccccc31)c1ccccc1-2. The summed E-state index contributed by atoms with van der Waals surface area (Å²) in [6, 6.07) is 82.1. The number of benzene rings is 10. The fourth-order valence-electron chi connectivity index (χ4n) is 10.8. The molecule has 0 saturated heterocycles. The van der Waals surface area contributed by atoms with Crippen LogP contribution < -0.4 is 0 Å². The minimum atomic E-state index is -0.233. The fraction of sp³-hybridized carbons (Fsp3) is 0.188. The summed E-state index contributed by atoms with van der Waals surface area (Å²) in [6.07, 6.45) is 0. The van der Waals surface area contributed by atoms with Gasteiger partial charge in [-0.15, -0.1) is 0 Å². The minimum absolute atomic E-state index is 0.0624. The molecule has 340 valence electrons. The van der Waals surface area contributed by atoms with Gasteiger partial charge in [-0.2, -0.15) is 0 Å². The second kappa shape index (κ2) is 17.7. The van der Waals surface area contributed by atoms with Gasteiger partial charge in [0.15, 0.2) is 0 Å². The highest BCUT2D eigenvalue weighted by Crippen LogP contribution is 2.64. The van der Waals surface area contributed by atoms with E-state index >= 15 is 0 Å². The van der Waals surface area contributed by atoms with Crippen LogP contribution in [-0.4, -0.2) is 0 Å². The largest absolute Gasteiger partial charge is 0.0728 e. The van der Waals surface area contributed by atoms with Gasteiger partial charge in [-0.1, -0.05) is 275 Å². The predicted octanol–water partition coefficient (Wildman–Crippen LogP) is 18.9. The van der Waals surface area contributed by atoms with Crippen molar-refractivity contribution in [2.75, 3.05) is 0 Å². The third kappa shape index (κ3) is 8.42. The van der Waals surface area contributed by atoms with Gasteiger partial charge in [0.1, 0.15) is 0 Å². The fourth-order valence-corrected chi connectivity index (χ4v) is 10.8. The van der Waals surface area contributed by atoms with Crippen molar-refractivity contribution in [3.8, 4) is 44.5 Å². The van der Waals surface area contributed by atoms with Gasteiger partial charge in [0, 0.05) is 0 Å². The van der Waals surface area contributed by atoms with Crippen LogP contribution in [0.15, 0.2) is 224 Å². The van der Waals surface area contributed by atoms with Gasteiger partial charge < -0.3 is 0 Å². The highest BCUT2D eigenvalue weighted by Gasteiger charge is 2.53. The van der Waals surface area contributed by atoms with Crippen LogP contribution in [0.4, 0.5) is 0 Å². The first-order valence-electron chi connectivity index (χ1n) is 24.7. The van der Waals surface area contributed by atoms with E-state index in [0.717, 1.165) is 0 Å². The topological polar surface area (TPSA) is 0 Å². The maximum Gasteiger partial charge on any atom is 0.0728 e. The van der Waals surface area contributed by atoms with Gasteiger partial charge in [-0.3, -0.25) is 0 Å². The Bertz CT molecular complexity index is 3420. The highest BCUT2D eigenvalue weighted by molar-refractivity contribution is 5.96. The smallest absolute Gasteiger partial charge is 0.0619 e. The molecule has 2 aliphatic carbocycles. The molecule has 10 aromatic rings. The van der Waals surface area contributed by atoms with Crippen LogP contribution in [0.3, 0.4) is 0 Å². The van der Waals surface area contributed by atoms with E-state index in [1.165, 1.54) is 105 Å². The zero-order valence-corrected chi connectivity index (χ0v) is 41.9. The monoisotopic (exact) mass is 893 g/mol. The van der Waals surface area contributed by atoms with Crippen LogP contribution in [-0.2, 0) is 21.7 Å². The van der Waals surface area contributed by atoms with Gasteiger partial charge in [-0.25, -0.2) is 0 Å². The van der Waals surface area contributed by atoms with Crippen LogP contribution >= 0.6 is 0 Å². The molecule has 10 aromatic carbocycles. The van der Waals surface area contributed by atoms with Crippen molar-refractivity contribution < 1.29 is 0 Å². The summed E-state index contributed by atoms with van der Waals surface area (Å²) in [7, 11) is 0. The summed E-state index contributed by atoms with van der Waals surface area (Å²) >= 11 is 0. The molecule has 0 unspecified atom stereocenters. The molecule has 0 amide bonds. The van der Waals surface area contributed by atoms with E-state index in [-0.39, 0.29) is 21.7 Å². The van der Waals surface area contributed by atoms with Gasteiger partial charge in [0.25, 0.3) is 0 Å². The van der Waals surface area contributed by atoms with Crippen molar-refractivity contribution >= 4 is 21.5 Å². The van der Waals surface area contributed by atoms with E-state index in [0.29, 0.717) is 0 Å². The van der Waals surface area contributed by atoms with Crippen LogP contribution in [0, 0.1) is 0 Å². The third-order valence-corrected chi connectivity index (χ3v) is 14.5. The first-order chi connectivity index (χ1) is 33.1. The molecule has 2 aliphatic rings. The Morgan fingerprint density at radius 1 is 0.261 bits per heavy atom. The molecule has 0 atom stereocenters. The highest BCUT2D eigenvalue weighted by atomic mass is 14.5. The molecule has 12 rings (SSSR count). The quantitative estimate of drug-likeness (QED) is 0.162. The third-order valence-electron chi connectivity index (χ3n) is 14.5. The molecule has 0 saturated carbocycles. The summed E-state index contributed by atoms with van der Waals surface area (Å²) < 4.78 is 0. The minimum Gasteiger partial charge on any atom is -0.0619 e. The summed E-state index contributed by atoms with van der Waals surface area (Å²) in [5, 5.41) is 5.18. The molecule has 0 bridgehead atoms. The first kappa shape index (κ1) is 45.5. The Kier molecular flexibility index (Phi) is 11.6. The van der Waals surface area contributed by atoms with E-state index in [1.807, 2.05) is 0 Å². The summed E-state index contributed by atoms with van der Waals surface area (Å²) in [5.41, 5.74) is 20.8. The first-order valence-corrected chi connectivity index (χ1v) is 24.7. The number of hydrogen-bond acceptors (Lipinski definition) is 0. The maximum absolute atomic E-state index is 2.35. The van der Waals surface area contributed by atoms with Crippen molar-refractivity contribution in [2.24, 2.45) is 0 Å². The average Bonchev–Trinajstić information content (AvgIpc) is 3.83. The lowest BCUT2D eigenvalue weighted by Crippen LogP contribution is -2.29. The second-order valence-corrected chi connectivity index (χ2v) is 22.1. The Morgan fingerprint density at radius 3 is 1.14 bits per heavy atom. The van der Waals surface area contributed by atoms with Gasteiger partial charge >= 0.3 is 0 Å². The Labute approximate surface area is 411 Å². The molecule has 0 nitrogen and oxygen atoms in total. The lowest BCUT2D eigenvalue weighted by atomic mass is 9.66. The van der Waals surface area contributed by atoms with E-state index in [1.54, 1.807) is 0 Å². The van der Waals surface area contributed by atoms with Gasteiger partial charge in [-0.05, 0) is 133 Å². The predicted molar refractivity (Wildman–Crippen MR) is 298 cm³/mol. The van der Waals surface area contributed by atoms with Crippen LogP contribution in [0.2, 0.25) is 0 Å². The molecule has 0 heteroatoms. The Balaban J connectivity index is 0.000000124. The molecular formula is C69H64. The Hall–Kier alpha value is -7.28. The zero-order chi connectivity index (χ0) is 48.1. The number of rotatable bonds is 2. The van der Waals surface area contributed by atoms with E-state index < -0.39 is 0 Å². The summed E-state index contributed by atoms with van der Waals surface area (Å²) in [5.74, 6) is 0. The van der Waals surface area contributed by atoms with Crippen molar-refractivity contribution in [3.05, 3.63) is 263 Å². The van der Waals surface area contributed by atoms with Crippen molar-refractivity contribution in [1.29, 1.82) is 0 Å². The molecule has 0 radical (unpaired) electrons. The van der Waals surface area contributed by atoms with Crippen LogP contribution in [0.5, 0.6) is 0 Å². The molecule has 0 heterocycles. The van der Waals surface area contributed by atoms with Crippen molar-refractivity contribution in [1.82, 2.24) is 0 Å². The Morgan fingerprint density at radius 2 is 0.652 bits per heavy atom. The maximum atomic E-state index is 2.35. The van der Waals surface area contributed by atoms with Crippen molar-refractivity contribution in [3.63, 3.8) is 0 Å². The average molecular weight is 893 g/mol. The van der Waals surface area contributed by atoms with Crippen molar-refractivity contribution in [2.45, 2.75) is 84.0 Å². The van der Waals surface area contributed by atoms with E-state index in [4.69, 9.17) is 0 Å². The normalized spacial score (nSPS) is 13.1. The lowest BCUT2D eigenvalue weighted by molar-refractivity contribution is 0.574. The summed E-state index contributed by atoms with van der Waals surface area (Å²) in [4.78, 5) is 0. The van der Waals surface area contributed by atoms with E-state index in [2.05, 4.69) is 287 Å². The second-order valence-electron chi connectivity index (χ2n) is 22.1. The summed E-state index contributed by atoms with van der Waals surface area (Å²) in [6.45, 7) is 20.5. The molecular weight excluding hydrogens is 829 g/mol. The van der Waals surface area contributed by atoms with Crippen LogP contribution in [0.25, 0.3) is 66.1 Å². The van der Waals surface area contributed by atoms with Gasteiger partial charge in [0.2, 0.25) is 0 Å². The molecule has 0 fully saturated rings. The van der Waals surface area contributed by atoms with Gasteiger partial charge in [0.05, 0.1) is 5.41 Å². The molecule has 1 spiro atoms. The molecule has 69 heavy (non-hydrogen) atoms. The number of fused-ring (bicyclic) bond motifs is 12. The lowest BCUT2D eigenvalue weighted by Gasteiger charge is -2.35. The molecule has 0 aromatic heterocycles. The van der Waals surface area contributed by atoms with Crippen LogP contribution in [0.1, 0.15) is 101 Å². The van der Waals surface area contributed by atoms with E-state index in [9.17, 15) is 0 Å². The molecule has 0 N–H and O–H groups in total. The zero-order valence-electron chi connectivity index (χ0n) is 41.9. The standard InChI is InChI=1S/C29H24.2C20H20/c1-28(2,3)26-18-10-14-22-21-13-6-9-17-25(21)29(27(22)26)23-15-7-4-11-19(23)20-12-5-8-16-24(20)29;1-20(2,3)19-10-6-9-17(14-19)18-12-11-15-7-4-5-8-16(15)13-18;1-20(2,3)19-12-10-16(11-13-19)18-9-8-15-6-4-5-7-17(15)14-18/h4-18H,1-3H3;2*4-14H,1-3H3. The molecule has 0 aliphatic heterocycles.